The first-order valence-electron chi connectivity index (χ1n) is 3.82. The second-order valence-electron chi connectivity index (χ2n) is 2.46. The molecule has 0 aliphatic carbocycles. The van der Waals surface area contributed by atoms with E-state index < -0.39 is 0 Å². The van der Waals surface area contributed by atoms with Crippen molar-refractivity contribution in [3.8, 4) is 6.07 Å². The lowest BCUT2D eigenvalue weighted by atomic mass is 10.2. The second kappa shape index (κ2) is 4.70. The van der Waals surface area contributed by atoms with Crippen molar-refractivity contribution in [2.75, 3.05) is 18.5 Å². The van der Waals surface area contributed by atoms with Crippen molar-refractivity contribution in [1.82, 2.24) is 0 Å². The Morgan fingerprint density at radius 2 is 2.31 bits per heavy atom. The van der Waals surface area contributed by atoms with Crippen LogP contribution in [0.4, 0.5) is 5.69 Å². The Morgan fingerprint density at radius 1 is 1.54 bits per heavy atom. The first-order chi connectivity index (χ1) is 6.27. The number of benzene rings is 1. The zero-order valence-electron chi connectivity index (χ0n) is 6.92. The Balaban J connectivity index is 2.81. The highest BCUT2D eigenvalue weighted by Gasteiger charge is 1.99. The number of nitriles is 1. The third kappa shape index (κ3) is 2.62. The molecule has 0 bridgehead atoms. The molecule has 1 aromatic carbocycles. The lowest BCUT2D eigenvalue weighted by Crippen LogP contribution is -2.05. The Bertz CT molecular complexity index is 333. The molecule has 0 saturated carbocycles. The first kappa shape index (κ1) is 9.85. The molecule has 0 saturated heterocycles. The van der Waals surface area contributed by atoms with E-state index in [1.165, 1.54) is 0 Å². The van der Waals surface area contributed by atoms with Crippen LogP contribution in [0.3, 0.4) is 0 Å². The molecule has 0 amide bonds. The fourth-order valence-corrected chi connectivity index (χ4v) is 1.17. The Kier molecular flexibility index (Phi) is 3.56. The van der Waals surface area contributed by atoms with E-state index in [4.69, 9.17) is 22.0 Å². The number of halogens is 1. The van der Waals surface area contributed by atoms with E-state index >= 15 is 0 Å². The summed E-state index contributed by atoms with van der Waals surface area (Å²) in [4.78, 5) is 0. The molecule has 0 aliphatic rings. The molecule has 1 rings (SSSR count). The number of rotatable bonds is 3. The van der Waals surface area contributed by atoms with Gasteiger partial charge in [-0.15, -0.1) is 0 Å². The quantitative estimate of drug-likeness (QED) is 0.773. The van der Waals surface area contributed by atoms with E-state index in [-0.39, 0.29) is 6.61 Å². The van der Waals surface area contributed by atoms with Gasteiger partial charge in [-0.3, -0.25) is 0 Å². The number of hydrogen-bond acceptors (Lipinski definition) is 3. The van der Waals surface area contributed by atoms with Gasteiger partial charge in [0, 0.05) is 6.54 Å². The van der Waals surface area contributed by atoms with Crippen molar-refractivity contribution >= 4 is 17.3 Å². The van der Waals surface area contributed by atoms with Gasteiger partial charge in [0.2, 0.25) is 0 Å². The second-order valence-corrected chi connectivity index (χ2v) is 2.86. The van der Waals surface area contributed by atoms with Crippen molar-refractivity contribution in [2.24, 2.45) is 0 Å². The minimum absolute atomic E-state index is 0.0519. The maximum Gasteiger partial charge on any atom is 0.0992 e. The zero-order valence-corrected chi connectivity index (χ0v) is 7.67. The van der Waals surface area contributed by atoms with Crippen molar-refractivity contribution in [1.29, 1.82) is 5.26 Å². The van der Waals surface area contributed by atoms with Crippen LogP contribution in [0.1, 0.15) is 5.56 Å². The molecule has 0 radical (unpaired) electrons. The fraction of sp³-hybridized carbons (Fsp3) is 0.222. The summed E-state index contributed by atoms with van der Waals surface area (Å²) in [5.74, 6) is 0. The van der Waals surface area contributed by atoms with Crippen LogP contribution in [0.15, 0.2) is 18.2 Å². The zero-order chi connectivity index (χ0) is 9.68. The number of nitrogens with zero attached hydrogens (tertiary/aromatic N) is 1. The van der Waals surface area contributed by atoms with Gasteiger partial charge in [-0.05, 0) is 18.2 Å². The first-order valence-corrected chi connectivity index (χ1v) is 4.20. The molecule has 1 aromatic rings. The molecule has 0 aliphatic heterocycles. The third-order valence-corrected chi connectivity index (χ3v) is 1.84. The number of nitrogens with one attached hydrogen (secondary N) is 1. The topological polar surface area (TPSA) is 56.0 Å². The van der Waals surface area contributed by atoms with Crippen molar-refractivity contribution in [3.63, 3.8) is 0 Å². The Morgan fingerprint density at radius 3 is 2.85 bits per heavy atom. The molecular formula is C9H9ClN2O. The molecule has 4 heteroatoms. The highest BCUT2D eigenvalue weighted by Crippen LogP contribution is 2.22. The van der Waals surface area contributed by atoms with Crippen molar-refractivity contribution in [3.05, 3.63) is 28.8 Å². The fourth-order valence-electron chi connectivity index (χ4n) is 0.919. The molecule has 3 nitrogen and oxygen atoms in total. The van der Waals surface area contributed by atoms with Gasteiger partial charge in [-0.2, -0.15) is 5.26 Å². The van der Waals surface area contributed by atoms with Gasteiger partial charge in [0.1, 0.15) is 0 Å². The molecule has 0 unspecified atom stereocenters. The predicted molar refractivity (Wildman–Crippen MR) is 51.7 cm³/mol. The highest BCUT2D eigenvalue weighted by atomic mass is 35.5. The van der Waals surface area contributed by atoms with Crippen molar-refractivity contribution < 1.29 is 5.11 Å². The molecule has 0 spiro atoms. The molecule has 0 aromatic heterocycles. The summed E-state index contributed by atoms with van der Waals surface area (Å²) in [5, 5.41) is 20.5. The Hall–Kier alpha value is -1.24. The van der Waals surface area contributed by atoms with E-state index in [0.717, 1.165) is 5.69 Å². The maximum absolute atomic E-state index is 8.56. The number of aliphatic hydroxyl groups is 1. The summed E-state index contributed by atoms with van der Waals surface area (Å²) in [6, 6.07) is 6.97. The van der Waals surface area contributed by atoms with Crippen LogP contribution >= 0.6 is 11.6 Å². The van der Waals surface area contributed by atoms with Gasteiger partial charge in [0.15, 0.2) is 0 Å². The molecule has 2 N–H and O–H groups in total. The number of hydrogen-bond donors (Lipinski definition) is 2. The maximum atomic E-state index is 8.56. The van der Waals surface area contributed by atoms with E-state index in [1.807, 2.05) is 6.07 Å². The lowest BCUT2D eigenvalue weighted by Gasteiger charge is -2.05. The summed E-state index contributed by atoms with van der Waals surface area (Å²) in [5.41, 5.74) is 1.26. The van der Waals surface area contributed by atoms with Crippen LogP contribution in [-0.4, -0.2) is 18.3 Å². The summed E-state index contributed by atoms with van der Waals surface area (Å²) in [6.45, 7) is 0.502. The average Bonchev–Trinajstić information content (AvgIpc) is 2.16. The van der Waals surface area contributed by atoms with E-state index in [0.29, 0.717) is 17.1 Å². The summed E-state index contributed by atoms with van der Waals surface area (Å²) in [7, 11) is 0. The van der Waals surface area contributed by atoms with Crippen molar-refractivity contribution in [2.45, 2.75) is 0 Å². The predicted octanol–water partition coefficient (Wildman–Crippen LogP) is 1.62. The van der Waals surface area contributed by atoms with Gasteiger partial charge in [0.05, 0.1) is 28.9 Å². The molecular weight excluding hydrogens is 188 g/mol. The lowest BCUT2D eigenvalue weighted by molar-refractivity contribution is 0.311. The van der Waals surface area contributed by atoms with Crippen LogP contribution in [0.25, 0.3) is 0 Å². The molecule has 13 heavy (non-hydrogen) atoms. The monoisotopic (exact) mass is 196 g/mol. The third-order valence-electron chi connectivity index (χ3n) is 1.53. The minimum Gasteiger partial charge on any atom is -0.395 e. The van der Waals surface area contributed by atoms with Crippen LogP contribution in [-0.2, 0) is 0 Å². The normalized spacial score (nSPS) is 9.31. The average molecular weight is 197 g/mol. The van der Waals surface area contributed by atoms with Crippen LogP contribution in [0.5, 0.6) is 0 Å². The number of aliphatic hydroxyl groups excluding tert-OH is 1. The van der Waals surface area contributed by atoms with Crippen LogP contribution in [0.2, 0.25) is 5.02 Å². The van der Waals surface area contributed by atoms with Gasteiger partial charge >= 0.3 is 0 Å². The SMILES string of the molecule is N#Cc1ccc(NCCO)c(Cl)c1. The van der Waals surface area contributed by atoms with Gasteiger partial charge < -0.3 is 10.4 Å². The van der Waals surface area contributed by atoms with Gasteiger partial charge in [0.25, 0.3) is 0 Å². The number of anilines is 1. The minimum atomic E-state index is 0.0519. The summed E-state index contributed by atoms with van der Waals surface area (Å²) < 4.78 is 0. The van der Waals surface area contributed by atoms with Crippen LogP contribution < -0.4 is 5.32 Å². The standard InChI is InChI=1S/C9H9ClN2O/c10-8-5-7(6-11)1-2-9(8)12-3-4-13/h1-2,5,12-13H,3-4H2. The molecule has 68 valence electrons. The van der Waals surface area contributed by atoms with E-state index in [9.17, 15) is 0 Å². The largest absolute Gasteiger partial charge is 0.395 e. The summed E-state index contributed by atoms with van der Waals surface area (Å²) in [6.07, 6.45) is 0. The smallest absolute Gasteiger partial charge is 0.0992 e. The van der Waals surface area contributed by atoms with E-state index in [2.05, 4.69) is 5.32 Å². The molecule has 0 fully saturated rings. The van der Waals surface area contributed by atoms with E-state index in [1.54, 1.807) is 18.2 Å². The van der Waals surface area contributed by atoms with Crippen LogP contribution in [0, 0.1) is 11.3 Å². The molecule has 0 atom stereocenters. The summed E-state index contributed by atoms with van der Waals surface area (Å²) >= 11 is 5.85. The highest BCUT2D eigenvalue weighted by molar-refractivity contribution is 6.33. The Labute approximate surface area is 81.6 Å². The molecule has 0 heterocycles. The van der Waals surface area contributed by atoms with Gasteiger partial charge in [-0.25, -0.2) is 0 Å². The van der Waals surface area contributed by atoms with Gasteiger partial charge in [-0.1, -0.05) is 11.6 Å².